The van der Waals surface area contributed by atoms with Crippen LogP contribution in [0.1, 0.15) is 37.3 Å². The van der Waals surface area contributed by atoms with Gasteiger partial charge in [0.25, 0.3) is 0 Å². The molecule has 2 heteroatoms. The van der Waals surface area contributed by atoms with Gasteiger partial charge in [0.15, 0.2) is 0 Å². The second-order valence-corrected chi connectivity index (χ2v) is 7.72. The monoisotopic (exact) mass is 354 g/mol. The van der Waals surface area contributed by atoms with E-state index in [1.165, 1.54) is 47.7 Å². The Labute approximate surface area is 162 Å². The molecule has 0 amide bonds. The normalized spacial score (nSPS) is 17.7. The van der Waals surface area contributed by atoms with Crippen molar-refractivity contribution >= 4 is 10.8 Å². The van der Waals surface area contributed by atoms with E-state index < -0.39 is 0 Å². The minimum Gasteiger partial charge on any atom is -0.300 e. The lowest BCUT2D eigenvalue weighted by Gasteiger charge is -2.33. The van der Waals surface area contributed by atoms with E-state index in [4.69, 9.17) is 5.26 Å². The van der Waals surface area contributed by atoms with E-state index in [0.717, 1.165) is 24.6 Å². The van der Waals surface area contributed by atoms with Crippen LogP contribution >= 0.6 is 0 Å². The average molecular weight is 354 g/mol. The number of nitrogens with zero attached hydrogens (tertiary/aromatic N) is 2. The standard InChI is InChI=1S/C25H26N2/c1-19-4-2-3-14-27(19)15-13-20-5-10-25-17-24(12-11-23(25)16-20)22-8-6-21(18-26)7-9-22/h5-12,16-17,19H,2-4,13-15H2,1H3/t19-/m0/s1. The number of piperidine rings is 1. The third-order valence-corrected chi connectivity index (χ3v) is 5.88. The summed E-state index contributed by atoms with van der Waals surface area (Å²) in [5.74, 6) is 0. The lowest BCUT2D eigenvalue weighted by molar-refractivity contribution is 0.163. The fraction of sp³-hybridized carbons (Fsp3) is 0.320. The van der Waals surface area contributed by atoms with E-state index in [9.17, 15) is 0 Å². The van der Waals surface area contributed by atoms with Gasteiger partial charge in [0.1, 0.15) is 0 Å². The van der Waals surface area contributed by atoms with Gasteiger partial charge in [-0.2, -0.15) is 5.26 Å². The van der Waals surface area contributed by atoms with Gasteiger partial charge in [-0.3, -0.25) is 0 Å². The van der Waals surface area contributed by atoms with Gasteiger partial charge in [0.2, 0.25) is 0 Å². The van der Waals surface area contributed by atoms with Crippen molar-refractivity contribution in [1.29, 1.82) is 5.26 Å². The van der Waals surface area contributed by atoms with Gasteiger partial charge in [-0.1, -0.05) is 48.9 Å². The topological polar surface area (TPSA) is 27.0 Å². The van der Waals surface area contributed by atoms with Crippen LogP contribution in [0.2, 0.25) is 0 Å². The van der Waals surface area contributed by atoms with E-state index >= 15 is 0 Å². The number of benzene rings is 3. The van der Waals surface area contributed by atoms with Crippen LogP contribution in [0.3, 0.4) is 0 Å². The number of nitriles is 1. The summed E-state index contributed by atoms with van der Waals surface area (Å²) in [6.07, 6.45) is 5.20. The van der Waals surface area contributed by atoms with Crippen molar-refractivity contribution in [2.24, 2.45) is 0 Å². The van der Waals surface area contributed by atoms with Gasteiger partial charge in [-0.25, -0.2) is 0 Å². The first-order valence-electron chi connectivity index (χ1n) is 10.0. The summed E-state index contributed by atoms with van der Waals surface area (Å²) >= 11 is 0. The summed E-state index contributed by atoms with van der Waals surface area (Å²) in [4.78, 5) is 2.64. The largest absolute Gasteiger partial charge is 0.300 e. The van der Waals surface area contributed by atoms with Gasteiger partial charge in [-0.15, -0.1) is 0 Å². The van der Waals surface area contributed by atoms with E-state index in [1.54, 1.807) is 0 Å². The van der Waals surface area contributed by atoms with E-state index in [0.29, 0.717) is 5.56 Å². The fourth-order valence-corrected chi connectivity index (χ4v) is 4.13. The molecule has 0 bridgehead atoms. The molecule has 0 aromatic heterocycles. The van der Waals surface area contributed by atoms with Gasteiger partial charge in [0.05, 0.1) is 11.6 Å². The maximum absolute atomic E-state index is 8.95. The second kappa shape index (κ2) is 7.94. The second-order valence-electron chi connectivity index (χ2n) is 7.72. The first-order valence-corrected chi connectivity index (χ1v) is 10.0. The molecule has 1 heterocycles. The third-order valence-electron chi connectivity index (χ3n) is 5.88. The molecule has 3 aromatic carbocycles. The summed E-state index contributed by atoms with van der Waals surface area (Å²) in [6, 6.07) is 24.2. The van der Waals surface area contributed by atoms with E-state index in [-0.39, 0.29) is 0 Å². The Hall–Kier alpha value is -2.63. The molecule has 0 unspecified atom stereocenters. The Kier molecular flexibility index (Phi) is 5.23. The Morgan fingerprint density at radius 3 is 2.44 bits per heavy atom. The van der Waals surface area contributed by atoms with Gasteiger partial charge in [0, 0.05) is 12.6 Å². The smallest absolute Gasteiger partial charge is 0.0991 e. The lowest BCUT2D eigenvalue weighted by atomic mass is 9.98. The Bertz CT molecular complexity index is 966. The molecule has 3 aromatic rings. The SMILES string of the molecule is C[C@H]1CCCCN1CCc1ccc2cc(-c3ccc(C#N)cc3)ccc2c1. The highest BCUT2D eigenvalue weighted by Crippen LogP contribution is 2.26. The minimum absolute atomic E-state index is 0.701. The lowest BCUT2D eigenvalue weighted by Crippen LogP contribution is -2.38. The van der Waals surface area contributed by atoms with Gasteiger partial charge in [-0.05, 0) is 78.4 Å². The molecule has 136 valence electrons. The molecule has 27 heavy (non-hydrogen) atoms. The van der Waals surface area contributed by atoms with Crippen molar-refractivity contribution in [2.75, 3.05) is 13.1 Å². The Morgan fingerprint density at radius 1 is 0.926 bits per heavy atom. The van der Waals surface area contributed by atoms with Crippen molar-refractivity contribution in [2.45, 2.75) is 38.6 Å². The van der Waals surface area contributed by atoms with E-state index in [1.807, 2.05) is 24.3 Å². The van der Waals surface area contributed by atoms with Crippen molar-refractivity contribution in [3.63, 3.8) is 0 Å². The predicted octanol–water partition coefficient (Wildman–Crippen LogP) is 5.80. The highest BCUT2D eigenvalue weighted by molar-refractivity contribution is 5.87. The molecule has 4 rings (SSSR count). The Balaban J connectivity index is 1.50. The molecular weight excluding hydrogens is 328 g/mol. The highest BCUT2D eigenvalue weighted by Gasteiger charge is 2.17. The summed E-state index contributed by atoms with van der Waals surface area (Å²) in [6.45, 7) is 4.78. The first-order chi connectivity index (χ1) is 13.2. The van der Waals surface area contributed by atoms with Crippen LogP contribution in [0.4, 0.5) is 0 Å². The molecule has 0 N–H and O–H groups in total. The molecule has 0 saturated carbocycles. The van der Waals surface area contributed by atoms with Crippen LogP contribution in [-0.2, 0) is 6.42 Å². The van der Waals surface area contributed by atoms with Crippen LogP contribution in [-0.4, -0.2) is 24.0 Å². The molecule has 2 nitrogen and oxygen atoms in total. The van der Waals surface area contributed by atoms with Crippen molar-refractivity contribution in [3.05, 3.63) is 71.8 Å². The number of hydrogen-bond acceptors (Lipinski definition) is 2. The minimum atomic E-state index is 0.701. The Morgan fingerprint density at radius 2 is 1.67 bits per heavy atom. The van der Waals surface area contributed by atoms with Crippen LogP contribution in [0.25, 0.3) is 21.9 Å². The maximum Gasteiger partial charge on any atom is 0.0991 e. The third kappa shape index (κ3) is 4.04. The first kappa shape index (κ1) is 17.8. The fourth-order valence-electron chi connectivity index (χ4n) is 4.13. The zero-order chi connectivity index (χ0) is 18.6. The molecular formula is C25H26N2. The molecule has 1 fully saturated rings. The zero-order valence-corrected chi connectivity index (χ0v) is 16.0. The van der Waals surface area contributed by atoms with Gasteiger partial charge < -0.3 is 4.90 Å². The van der Waals surface area contributed by atoms with Crippen LogP contribution < -0.4 is 0 Å². The van der Waals surface area contributed by atoms with Crippen LogP contribution in [0, 0.1) is 11.3 Å². The van der Waals surface area contributed by atoms with Crippen molar-refractivity contribution < 1.29 is 0 Å². The molecule has 1 saturated heterocycles. The number of fused-ring (bicyclic) bond motifs is 1. The highest BCUT2D eigenvalue weighted by atomic mass is 15.1. The molecule has 0 spiro atoms. The number of likely N-dealkylation sites (tertiary alicyclic amines) is 1. The van der Waals surface area contributed by atoms with Crippen molar-refractivity contribution in [3.8, 4) is 17.2 Å². The summed E-state index contributed by atoms with van der Waals surface area (Å²) in [5, 5.41) is 11.5. The van der Waals surface area contributed by atoms with Gasteiger partial charge >= 0.3 is 0 Å². The maximum atomic E-state index is 8.95. The quantitative estimate of drug-likeness (QED) is 0.592. The summed E-state index contributed by atoms with van der Waals surface area (Å²) < 4.78 is 0. The predicted molar refractivity (Wildman–Crippen MR) is 113 cm³/mol. The summed E-state index contributed by atoms with van der Waals surface area (Å²) in [5.41, 5.74) is 4.47. The van der Waals surface area contributed by atoms with E-state index in [2.05, 4.69) is 54.3 Å². The molecule has 0 radical (unpaired) electrons. The number of hydrogen-bond donors (Lipinski definition) is 0. The number of rotatable bonds is 4. The summed E-state index contributed by atoms with van der Waals surface area (Å²) in [7, 11) is 0. The molecule has 1 atom stereocenters. The van der Waals surface area contributed by atoms with Crippen LogP contribution in [0.15, 0.2) is 60.7 Å². The van der Waals surface area contributed by atoms with Crippen LogP contribution in [0.5, 0.6) is 0 Å². The van der Waals surface area contributed by atoms with Crippen molar-refractivity contribution in [1.82, 2.24) is 4.90 Å². The zero-order valence-electron chi connectivity index (χ0n) is 16.0. The molecule has 1 aliphatic rings. The average Bonchev–Trinajstić information content (AvgIpc) is 2.73. The molecule has 0 aliphatic carbocycles. The molecule has 1 aliphatic heterocycles.